The Morgan fingerprint density at radius 2 is 2.00 bits per heavy atom. The summed E-state index contributed by atoms with van der Waals surface area (Å²) >= 11 is 0. The number of ether oxygens (including phenoxy) is 1. The fraction of sp³-hybridized carbons (Fsp3) is 0.923. The molecule has 1 rings (SSSR count). The highest BCUT2D eigenvalue weighted by Crippen LogP contribution is 2.37. The van der Waals surface area contributed by atoms with Crippen LogP contribution < -0.4 is 0 Å². The van der Waals surface area contributed by atoms with Crippen LogP contribution in [0.1, 0.15) is 58.3 Å². The molecule has 3 nitrogen and oxygen atoms in total. The second-order valence-electron chi connectivity index (χ2n) is 4.88. The summed E-state index contributed by atoms with van der Waals surface area (Å²) < 4.78 is 4.83. The Morgan fingerprint density at radius 3 is 2.50 bits per heavy atom. The standard InChI is InChI=1S/C13H24O3/c1-3-4-8-11(12(14)16-2)13(15)9-6-5-7-10-13/h11,15H,3-10H2,1-2H3. The minimum atomic E-state index is -0.805. The van der Waals surface area contributed by atoms with Gasteiger partial charge in [-0.25, -0.2) is 0 Å². The number of unbranched alkanes of at least 4 members (excludes halogenated alkanes) is 1. The molecule has 0 aromatic heterocycles. The molecule has 1 aliphatic rings. The first-order chi connectivity index (χ1) is 7.64. The SMILES string of the molecule is CCCCC(C(=O)OC)C1(O)CCCCC1. The Kier molecular flexibility index (Phi) is 5.26. The van der Waals surface area contributed by atoms with Crippen LogP contribution in [0.4, 0.5) is 0 Å². The van der Waals surface area contributed by atoms with Crippen LogP contribution >= 0.6 is 0 Å². The number of methoxy groups -OCH3 is 1. The Balaban J connectivity index is 2.68. The van der Waals surface area contributed by atoms with Crippen LogP contribution in [0.5, 0.6) is 0 Å². The molecule has 1 aliphatic carbocycles. The summed E-state index contributed by atoms with van der Waals surface area (Å²) in [7, 11) is 1.41. The summed E-state index contributed by atoms with van der Waals surface area (Å²) in [6.45, 7) is 2.10. The van der Waals surface area contributed by atoms with E-state index in [0.717, 1.165) is 44.9 Å². The van der Waals surface area contributed by atoms with Crippen molar-refractivity contribution in [2.45, 2.75) is 63.9 Å². The molecule has 0 bridgehead atoms. The Morgan fingerprint density at radius 1 is 1.38 bits per heavy atom. The quantitative estimate of drug-likeness (QED) is 0.736. The number of hydrogen-bond acceptors (Lipinski definition) is 3. The number of aliphatic hydroxyl groups is 1. The molecule has 0 aromatic carbocycles. The van der Waals surface area contributed by atoms with Crippen molar-refractivity contribution < 1.29 is 14.6 Å². The van der Waals surface area contributed by atoms with Crippen LogP contribution in [0.25, 0.3) is 0 Å². The molecule has 0 radical (unpaired) electrons. The first-order valence-electron chi connectivity index (χ1n) is 6.44. The first-order valence-corrected chi connectivity index (χ1v) is 6.44. The van der Waals surface area contributed by atoms with Gasteiger partial charge in [0.1, 0.15) is 0 Å². The molecule has 1 fully saturated rings. The van der Waals surface area contributed by atoms with E-state index >= 15 is 0 Å². The van der Waals surface area contributed by atoms with Crippen LogP contribution in [-0.4, -0.2) is 23.8 Å². The molecule has 0 saturated heterocycles. The van der Waals surface area contributed by atoms with Gasteiger partial charge in [-0.1, -0.05) is 39.0 Å². The van der Waals surface area contributed by atoms with Gasteiger partial charge in [-0.2, -0.15) is 0 Å². The number of esters is 1. The predicted octanol–water partition coefficient (Wildman–Crippen LogP) is 2.66. The molecule has 3 heteroatoms. The van der Waals surface area contributed by atoms with Gasteiger partial charge in [0.15, 0.2) is 0 Å². The van der Waals surface area contributed by atoms with Crippen molar-refractivity contribution in [1.82, 2.24) is 0 Å². The van der Waals surface area contributed by atoms with E-state index in [0.29, 0.717) is 0 Å². The third kappa shape index (κ3) is 3.21. The van der Waals surface area contributed by atoms with Crippen LogP contribution in [0, 0.1) is 5.92 Å². The third-order valence-corrected chi connectivity index (χ3v) is 3.70. The van der Waals surface area contributed by atoms with Gasteiger partial charge in [-0.3, -0.25) is 4.79 Å². The molecular weight excluding hydrogens is 204 g/mol. The average molecular weight is 228 g/mol. The second kappa shape index (κ2) is 6.24. The van der Waals surface area contributed by atoms with Crippen LogP contribution in [0.2, 0.25) is 0 Å². The molecule has 1 saturated carbocycles. The fourth-order valence-electron chi connectivity index (χ4n) is 2.67. The Bertz CT molecular complexity index is 219. The van der Waals surface area contributed by atoms with Crippen LogP contribution in [0.3, 0.4) is 0 Å². The highest BCUT2D eigenvalue weighted by Gasteiger charge is 2.42. The van der Waals surface area contributed by atoms with Crippen molar-refractivity contribution in [3.05, 3.63) is 0 Å². The van der Waals surface area contributed by atoms with Crippen molar-refractivity contribution in [2.75, 3.05) is 7.11 Å². The molecule has 1 N–H and O–H groups in total. The van der Waals surface area contributed by atoms with Gasteiger partial charge in [0, 0.05) is 0 Å². The zero-order chi connectivity index (χ0) is 12.0. The van der Waals surface area contributed by atoms with Gasteiger partial charge < -0.3 is 9.84 Å². The van der Waals surface area contributed by atoms with E-state index in [1.54, 1.807) is 0 Å². The molecule has 0 amide bonds. The minimum absolute atomic E-state index is 0.238. The number of rotatable bonds is 5. The summed E-state index contributed by atoms with van der Waals surface area (Å²) in [4.78, 5) is 11.7. The molecule has 94 valence electrons. The summed E-state index contributed by atoms with van der Waals surface area (Å²) in [6.07, 6.45) is 7.48. The maximum atomic E-state index is 11.7. The number of carbonyl (C=O) groups excluding carboxylic acids is 1. The normalized spacial score (nSPS) is 21.4. The summed E-state index contributed by atoms with van der Waals surface area (Å²) in [5.41, 5.74) is -0.805. The van der Waals surface area contributed by atoms with Crippen molar-refractivity contribution >= 4 is 5.97 Å². The van der Waals surface area contributed by atoms with Gasteiger partial charge in [-0.05, 0) is 19.3 Å². The van der Waals surface area contributed by atoms with Crippen molar-refractivity contribution in [2.24, 2.45) is 5.92 Å². The maximum Gasteiger partial charge on any atom is 0.311 e. The van der Waals surface area contributed by atoms with Gasteiger partial charge in [0.2, 0.25) is 0 Å². The molecule has 0 aliphatic heterocycles. The van der Waals surface area contributed by atoms with Crippen LogP contribution in [-0.2, 0) is 9.53 Å². The minimum Gasteiger partial charge on any atom is -0.469 e. The van der Waals surface area contributed by atoms with Gasteiger partial charge in [-0.15, -0.1) is 0 Å². The predicted molar refractivity (Wildman–Crippen MR) is 63.1 cm³/mol. The van der Waals surface area contributed by atoms with E-state index in [9.17, 15) is 9.90 Å². The molecule has 0 spiro atoms. The third-order valence-electron chi connectivity index (χ3n) is 3.70. The van der Waals surface area contributed by atoms with E-state index in [-0.39, 0.29) is 11.9 Å². The lowest BCUT2D eigenvalue weighted by atomic mass is 9.74. The molecule has 1 unspecified atom stereocenters. The molecule has 16 heavy (non-hydrogen) atoms. The highest BCUT2D eigenvalue weighted by molar-refractivity contribution is 5.73. The van der Waals surface area contributed by atoms with Gasteiger partial charge >= 0.3 is 5.97 Å². The monoisotopic (exact) mass is 228 g/mol. The maximum absolute atomic E-state index is 11.7. The van der Waals surface area contributed by atoms with Gasteiger partial charge in [0.05, 0.1) is 18.6 Å². The average Bonchev–Trinajstić information content (AvgIpc) is 2.30. The van der Waals surface area contributed by atoms with Crippen LogP contribution in [0.15, 0.2) is 0 Å². The van der Waals surface area contributed by atoms with E-state index in [1.807, 2.05) is 0 Å². The molecular formula is C13H24O3. The summed E-state index contributed by atoms with van der Waals surface area (Å²) in [5, 5.41) is 10.6. The van der Waals surface area contributed by atoms with E-state index < -0.39 is 5.60 Å². The smallest absolute Gasteiger partial charge is 0.311 e. The fourth-order valence-corrected chi connectivity index (χ4v) is 2.67. The van der Waals surface area contributed by atoms with E-state index in [4.69, 9.17) is 4.74 Å². The van der Waals surface area contributed by atoms with E-state index in [1.165, 1.54) is 13.5 Å². The largest absolute Gasteiger partial charge is 0.469 e. The van der Waals surface area contributed by atoms with Crippen molar-refractivity contribution in [3.8, 4) is 0 Å². The summed E-state index contributed by atoms with van der Waals surface area (Å²) in [6, 6.07) is 0. The molecule has 0 aromatic rings. The van der Waals surface area contributed by atoms with Crippen molar-refractivity contribution in [3.63, 3.8) is 0 Å². The first kappa shape index (κ1) is 13.5. The lowest BCUT2D eigenvalue weighted by Crippen LogP contribution is -2.44. The molecule has 0 heterocycles. The van der Waals surface area contributed by atoms with Crippen molar-refractivity contribution in [1.29, 1.82) is 0 Å². The zero-order valence-electron chi connectivity index (χ0n) is 10.5. The Labute approximate surface area is 98.2 Å². The lowest BCUT2D eigenvalue weighted by Gasteiger charge is -2.37. The molecule has 1 atom stereocenters. The second-order valence-corrected chi connectivity index (χ2v) is 4.88. The zero-order valence-corrected chi connectivity index (χ0v) is 10.5. The lowest BCUT2D eigenvalue weighted by molar-refractivity contribution is -0.159. The Hall–Kier alpha value is -0.570. The number of carbonyl (C=O) groups is 1. The number of hydrogen-bond donors (Lipinski definition) is 1. The summed E-state index contributed by atoms with van der Waals surface area (Å²) in [5.74, 6) is -0.560. The van der Waals surface area contributed by atoms with Gasteiger partial charge in [0.25, 0.3) is 0 Å². The van der Waals surface area contributed by atoms with E-state index in [2.05, 4.69) is 6.92 Å². The topological polar surface area (TPSA) is 46.5 Å². The highest BCUT2D eigenvalue weighted by atomic mass is 16.5.